The molecule has 1 saturated heterocycles. The predicted molar refractivity (Wildman–Crippen MR) is 117 cm³/mol. The highest BCUT2D eigenvalue weighted by Gasteiger charge is 2.33. The molecule has 0 spiro atoms. The van der Waals surface area contributed by atoms with Gasteiger partial charge in [-0.25, -0.2) is 0 Å². The lowest BCUT2D eigenvalue weighted by molar-refractivity contribution is 0.0698. The first-order valence-electron chi connectivity index (χ1n) is 9.80. The summed E-state index contributed by atoms with van der Waals surface area (Å²) < 4.78 is 0. The first-order valence-corrected chi connectivity index (χ1v) is 9.80. The van der Waals surface area contributed by atoms with E-state index < -0.39 is 0 Å². The van der Waals surface area contributed by atoms with Crippen LogP contribution in [0.1, 0.15) is 41.5 Å². The van der Waals surface area contributed by atoms with Crippen LogP contribution in [0.5, 0.6) is 0 Å². The van der Waals surface area contributed by atoms with Gasteiger partial charge in [0, 0.05) is 43.4 Å². The average Bonchev–Trinajstić information content (AvgIpc) is 2.74. The van der Waals surface area contributed by atoms with Crippen molar-refractivity contribution in [3.05, 3.63) is 84.8 Å². The van der Waals surface area contributed by atoms with Crippen molar-refractivity contribution in [1.29, 1.82) is 0 Å². The minimum Gasteiger partial charge on any atom is -0.339 e. The van der Waals surface area contributed by atoms with Gasteiger partial charge in [-0.3, -0.25) is 19.7 Å². The Bertz CT molecular complexity index is 915. The van der Waals surface area contributed by atoms with E-state index in [1.54, 1.807) is 36.9 Å². The van der Waals surface area contributed by atoms with Crippen LogP contribution in [0.25, 0.3) is 5.57 Å². The quantitative estimate of drug-likeness (QED) is 0.561. The fourth-order valence-electron chi connectivity index (χ4n) is 3.61. The molecule has 6 heteroatoms. The molecule has 1 aliphatic rings. The van der Waals surface area contributed by atoms with Gasteiger partial charge in [-0.15, -0.1) is 0 Å². The van der Waals surface area contributed by atoms with Gasteiger partial charge in [0.25, 0.3) is 5.91 Å². The predicted octanol–water partition coefficient (Wildman–Crippen LogP) is 3.82. The molecule has 0 bridgehead atoms. The Kier molecular flexibility index (Phi) is 6.75. The summed E-state index contributed by atoms with van der Waals surface area (Å²) in [4.78, 5) is 28.0. The Labute approximate surface area is 173 Å². The highest BCUT2D eigenvalue weighted by molar-refractivity contribution is 6.15. The molecule has 1 aliphatic heterocycles. The number of hydrogen-bond donors (Lipinski definition) is 0. The molecule has 0 aromatic carbocycles. The maximum atomic E-state index is 13.2. The average molecular weight is 384 g/mol. The van der Waals surface area contributed by atoms with Crippen LogP contribution in [0.2, 0.25) is 5.31 Å². The summed E-state index contributed by atoms with van der Waals surface area (Å²) in [5, 5.41) is -0.372. The third-order valence-corrected chi connectivity index (χ3v) is 5.15. The van der Waals surface area contributed by atoms with Crippen LogP contribution in [0.4, 0.5) is 0 Å². The summed E-state index contributed by atoms with van der Waals surface area (Å²) in [7, 11) is 6.60. The molecule has 0 aliphatic carbocycles. The van der Waals surface area contributed by atoms with Crippen LogP contribution in [-0.2, 0) is 6.42 Å². The molecule has 0 N–H and O–H groups in total. The van der Waals surface area contributed by atoms with E-state index in [0.29, 0.717) is 30.8 Å². The van der Waals surface area contributed by atoms with Gasteiger partial charge in [0.15, 0.2) is 0 Å². The van der Waals surface area contributed by atoms with E-state index in [1.807, 2.05) is 36.1 Å². The zero-order chi connectivity index (χ0) is 20.7. The molecule has 2 radical (unpaired) electrons. The van der Waals surface area contributed by atoms with Crippen molar-refractivity contribution in [2.75, 3.05) is 13.1 Å². The van der Waals surface area contributed by atoms with E-state index in [9.17, 15) is 4.79 Å². The number of nitrogens with zero attached hydrogens (tertiary/aromatic N) is 4. The number of allylic oxidation sites excluding steroid dienone is 5. The highest BCUT2D eigenvalue weighted by atomic mass is 16.2. The van der Waals surface area contributed by atoms with Crippen LogP contribution in [0.3, 0.4) is 0 Å². The van der Waals surface area contributed by atoms with Crippen molar-refractivity contribution in [3.63, 3.8) is 0 Å². The first-order chi connectivity index (χ1) is 14.1. The smallest absolute Gasteiger partial charge is 0.256 e. The molecule has 0 saturated carbocycles. The lowest BCUT2D eigenvalue weighted by atomic mass is 9.60. The van der Waals surface area contributed by atoms with E-state index >= 15 is 0 Å². The third-order valence-electron chi connectivity index (χ3n) is 5.15. The van der Waals surface area contributed by atoms with E-state index in [-0.39, 0.29) is 11.2 Å². The zero-order valence-electron chi connectivity index (χ0n) is 16.8. The Morgan fingerprint density at radius 3 is 2.72 bits per heavy atom. The monoisotopic (exact) mass is 384 g/mol. The Morgan fingerprint density at radius 1 is 1.28 bits per heavy atom. The molecule has 1 fully saturated rings. The van der Waals surface area contributed by atoms with Gasteiger partial charge in [0.05, 0.1) is 24.8 Å². The van der Waals surface area contributed by atoms with Gasteiger partial charge in [-0.1, -0.05) is 36.2 Å². The molecule has 29 heavy (non-hydrogen) atoms. The molecule has 5 nitrogen and oxygen atoms in total. The molecular formula is C23H25BN4O. The summed E-state index contributed by atoms with van der Waals surface area (Å²) in [6.07, 6.45) is 16.3. The van der Waals surface area contributed by atoms with Crippen molar-refractivity contribution >= 4 is 19.3 Å². The topological polar surface area (TPSA) is 59.0 Å². The molecule has 3 heterocycles. The molecule has 2 aromatic heterocycles. The maximum Gasteiger partial charge on any atom is 0.256 e. The minimum atomic E-state index is -0.372. The van der Waals surface area contributed by atoms with Crippen LogP contribution < -0.4 is 0 Å². The second-order valence-corrected chi connectivity index (χ2v) is 7.29. The fourth-order valence-corrected chi connectivity index (χ4v) is 3.61. The Hall–Kier alpha value is -3.02. The SMILES string of the molecule is [B]C1(Cc2cnccn2)CCN(C(=O)c2cccnc2C(/C=C\C)=C/C=C)CC1. The van der Waals surface area contributed by atoms with Crippen molar-refractivity contribution < 1.29 is 4.79 Å². The molecule has 1 amide bonds. The van der Waals surface area contributed by atoms with E-state index in [1.165, 1.54) is 0 Å². The van der Waals surface area contributed by atoms with Gasteiger partial charge >= 0.3 is 0 Å². The van der Waals surface area contributed by atoms with Crippen LogP contribution in [-0.4, -0.2) is 46.7 Å². The van der Waals surface area contributed by atoms with Crippen molar-refractivity contribution in [1.82, 2.24) is 19.9 Å². The highest BCUT2D eigenvalue weighted by Crippen LogP contribution is 2.38. The number of pyridine rings is 1. The number of aromatic nitrogens is 3. The molecule has 3 rings (SSSR count). The number of likely N-dealkylation sites (tertiary alicyclic amines) is 1. The fraction of sp³-hybridized carbons (Fsp3) is 0.304. The number of carbonyl (C=O) groups excluding carboxylic acids is 1. The Morgan fingerprint density at radius 2 is 2.07 bits per heavy atom. The van der Waals surface area contributed by atoms with Crippen LogP contribution in [0.15, 0.2) is 67.8 Å². The van der Waals surface area contributed by atoms with Crippen molar-refractivity contribution in [3.8, 4) is 0 Å². The lowest BCUT2D eigenvalue weighted by Crippen LogP contribution is -2.41. The summed E-state index contributed by atoms with van der Waals surface area (Å²) in [5.41, 5.74) is 3.01. The third kappa shape index (κ3) is 5.08. The summed E-state index contributed by atoms with van der Waals surface area (Å²) in [6.45, 7) is 6.91. The lowest BCUT2D eigenvalue weighted by Gasteiger charge is -2.40. The van der Waals surface area contributed by atoms with Crippen molar-refractivity contribution in [2.45, 2.75) is 31.5 Å². The maximum absolute atomic E-state index is 13.2. The molecule has 0 unspecified atom stereocenters. The van der Waals surface area contributed by atoms with Crippen LogP contribution in [0, 0.1) is 0 Å². The molecular weight excluding hydrogens is 359 g/mol. The summed E-state index contributed by atoms with van der Waals surface area (Å²) in [5.74, 6) is -0.0193. The summed E-state index contributed by atoms with van der Waals surface area (Å²) >= 11 is 0. The second kappa shape index (κ2) is 9.46. The van der Waals surface area contributed by atoms with Gasteiger partial charge in [0.1, 0.15) is 0 Å². The Balaban J connectivity index is 1.75. The number of hydrogen-bond acceptors (Lipinski definition) is 4. The van der Waals surface area contributed by atoms with Gasteiger partial charge in [0.2, 0.25) is 0 Å². The minimum absolute atomic E-state index is 0.0193. The van der Waals surface area contributed by atoms with E-state index in [4.69, 9.17) is 7.85 Å². The number of rotatable bonds is 6. The molecule has 2 aromatic rings. The molecule has 0 atom stereocenters. The summed E-state index contributed by atoms with van der Waals surface area (Å²) in [6, 6.07) is 3.62. The van der Waals surface area contributed by atoms with Gasteiger partial charge in [-0.05, 0) is 38.3 Å². The number of amides is 1. The second-order valence-electron chi connectivity index (χ2n) is 7.29. The number of piperidine rings is 1. The first kappa shape index (κ1) is 20.7. The standard InChI is InChI=1S/C23H25BN4O/c1-3-6-18(7-4-2)21-20(8-5-11-27-21)22(29)28-14-9-23(24,10-15-28)16-19-17-25-12-13-26-19/h3-8,11-13,17H,1,9-10,14-16H2,2H3/b7-4-,18-6+. The van der Waals surface area contributed by atoms with Gasteiger partial charge < -0.3 is 4.90 Å². The van der Waals surface area contributed by atoms with E-state index in [0.717, 1.165) is 24.1 Å². The number of carbonyl (C=O) groups is 1. The van der Waals surface area contributed by atoms with Crippen molar-refractivity contribution in [2.24, 2.45) is 0 Å². The van der Waals surface area contributed by atoms with Crippen LogP contribution >= 0.6 is 0 Å². The largest absolute Gasteiger partial charge is 0.339 e. The van der Waals surface area contributed by atoms with Gasteiger partial charge in [-0.2, -0.15) is 0 Å². The normalized spacial score (nSPS) is 16.7. The van der Waals surface area contributed by atoms with E-state index in [2.05, 4.69) is 21.5 Å². The zero-order valence-corrected chi connectivity index (χ0v) is 16.8. The molecule has 146 valence electrons.